The molecule has 3 rings (SSSR count). The average molecular weight is 413 g/mol. The molecule has 0 saturated carbocycles. The second-order valence-corrected chi connectivity index (χ2v) is 7.19. The monoisotopic (exact) mass is 413 g/mol. The average Bonchev–Trinajstić information content (AvgIpc) is 3.17. The molecule has 150 valence electrons. The van der Waals surface area contributed by atoms with Gasteiger partial charge in [-0.25, -0.2) is 0 Å². The van der Waals surface area contributed by atoms with Crippen molar-refractivity contribution in [2.45, 2.75) is 6.10 Å². The summed E-state index contributed by atoms with van der Waals surface area (Å²) < 4.78 is 6.68. The number of hydrogen-bond donors (Lipinski definition) is 4. The second kappa shape index (κ2) is 9.28. The Morgan fingerprint density at radius 3 is 2.72 bits per heavy atom. The van der Waals surface area contributed by atoms with Crippen LogP contribution in [0.2, 0.25) is 0 Å². The fraction of sp³-hybridized carbons (Fsp3) is 0.150. The fourth-order valence-corrected chi connectivity index (χ4v) is 3.32. The lowest BCUT2D eigenvalue weighted by molar-refractivity contribution is -0.117. The Balaban J connectivity index is 1.67. The van der Waals surface area contributed by atoms with Gasteiger partial charge >= 0.3 is 0 Å². The van der Waals surface area contributed by atoms with E-state index in [1.54, 1.807) is 48.8 Å². The highest BCUT2D eigenvalue weighted by molar-refractivity contribution is 7.20. The van der Waals surface area contributed by atoms with Crippen LogP contribution in [0.3, 0.4) is 0 Å². The van der Waals surface area contributed by atoms with Crippen molar-refractivity contribution in [3.05, 3.63) is 59.2 Å². The number of pyridine rings is 1. The van der Waals surface area contributed by atoms with Crippen molar-refractivity contribution in [1.29, 1.82) is 0 Å². The van der Waals surface area contributed by atoms with Crippen molar-refractivity contribution < 1.29 is 24.5 Å². The third-order valence-corrected chi connectivity index (χ3v) is 4.99. The Labute approximate surface area is 170 Å². The predicted molar refractivity (Wildman–Crippen MR) is 110 cm³/mol. The number of amides is 2. The van der Waals surface area contributed by atoms with Crippen molar-refractivity contribution in [2.75, 3.05) is 13.2 Å². The normalized spacial score (nSPS) is 12.2. The number of fused-ring (bicyclic) bond motifs is 1. The van der Waals surface area contributed by atoms with Gasteiger partial charge in [0.25, 0.3) is 5.91 Å². The summed E-state index contributed by atoms with van der Waals surface area (Å²) in [4.78, 5) is 27.6. The van der Waals surface area contributed by atoms with E-state index in [2.05, 4.69) is 10.3 Å². The van der Waals surface area contributed by atoms with Crippen LogP contribution in [0.5, 0.6) is 11.5 Å². The number of aliphatic hydroxyl groups excluding tert-OH is 2. The highest BCUT2D eigenvalue weighted by Crippen LogP contribution is 2.34. The quantitative estimate of drug-likeness (QED) is 0.415. The molecule has 0 bridgehead atoms. The van der Waals surface area contributed by atoms with Crippen LogP contribution in [0.1, 0.15) is 15.2 Å². The first-order valence-electron chi connectivity index (χ1n) is 8.66. The number of benzene rings is 1. The van der Waals surface area contributed by atoms with E-state index in [-0.39, 0.29) is 12.5 Å². The van der Waals surface area contributed by atoms with E-state index in [1.165, 1.54) is 17.4 Å². The van der Waals surface area contributed by atoms with Gasteiger partial charge in [0.15, 0.2) is 5.75 Å². The number of hydrogen-bond acceptors (Lipinski definition) is 7. The van der Waals surface area contributed by atoms with Gasteiger partial charge in [0, 0.05) is 24.2 Å². The van der Waals surface area contributed by atoms with Gasteiger partial charge in [-0.1, -0.05) is 12.1 Å². The summed E-state index contributed by atoms with van der Waals surface area (Å²) in [6.07, 6.45) is 5.19. The van der Waals surface area contributed by atoms with E-state index < -0.39 is 18.6 Å². The van der Waals surface area contributed by atoms with Crippen molar-refractivity contribution in [3.63, 3.8) is 0 Å². The highest BCUT2D eigenvalue weighted by Gasteiger charge is 2.11. The number of nitrogens with zero attached hydrogens (tertiary/aromatic N) is 1. The van der Waals surface area contributed by atoms with Crippen molar-refractivity contribution in [3.8, 4) is 11.5 Å². The Morgan fingerprint density at radius 1 is 1.28 bits per heavy atom. The molecule has 0 aliphatic heterocycles. The predicted octanol–water partition coefficient (Wildman–Crippen LogP) is 1.67. The molecule has 2 amide bonds. The summed E-state index contributed by atoms with van der Waals surface area (Å²) >= 11 is 1.26. The van der Waals surface area contributed by atoms with Crippen LogP contribution in [0.25, 0.3) is 16.2 Å². The molecular weight excluding hydrogens is 394 g/mol. The second-order valence-electron chi connectivity index (χ2n) is 6.11. The van der Waals surface area contributed by atoms with Crippen LogP contribution in [0.15, 0.2) is 48.8 Å². The number of aliphatic hydroxyl groups is 2. The summed E-state index contributed by atoms with van der Waals surface area (Å²) in [6, 6.07) is 8.72. The summed E-state index contributed by atoms with van der Waals surface area (Å²) in [6.45, 7) is -0.435. The molecule has 1 atom stereocenters. The van der Waals surface area contributed by atoms with Gasteiger partial charge < -0.3 is 26.0 Å². The van der Waals surface area contributed by atoms with E-state index in [4.69, 9.17) is 15.6 Å². The number of nitrogens with one attached hydrogen (secondary N) is 1. The number of rotatable bonds is 8. The van der Waals surface area contributed by atoms with Crippen molar-refractivity contribution in [1.82, 2.24) is 10.3 Å². The minimum atomic E-state index is -0.981. The summed E-state index contributed by atoms with van der Waals surface area (Å²) in [5, 5.41) is 21.2. The number of primary amides is 1. The van der Waals surface area contributed by atoms with Crippen molar-refractivity contribution >= 4 is 39.3 Å². The number of ether oxygens (including phenoxy) is 1. The topological polar surface area (TPSA) is 135 Å². The molecule has 5 N–H and O–H groups in total. The highest BCUT2D eigenvalue weighted by atomic mass is 32.1. The van der Waals surface area contributed by atoms with E-state index in [9.17, 15) is 14.7 Å². The van der Waals surface area contributed by atoms with Crippen LogP contribution in [0.4, 0.5) is 0 Å². The summed E-state index contributed by atoms with van der Waals surface area (Å²) in [5.74, 6) is 0.205. The van der Waals surface area contributed by atoms with Crippen LogP contribution in [-0.4, -0.2) is 46.3 Å². The molecule has 8 nitrogen and oxygen atoms in total. The minimum absolute atomic E-state index is 0.0217. The molecule has 0 aliphatic rings. The van der Waals surface area contributed by atoms with E-state index in [0.717, 1.165) is 15.6 Å². The maximum atomic E-state index is 11.7. The zero-order valence-electron chi connectivity index (χ0n) is 15.2. The molecule has 0 radical (unpaired) electrons. The zero-order chi connectivity index (χ0) is 20.8. The molecule has 0 spiro atoms. The van der Waals surface area contributed by atoms with Gasteiger partial charge in [-0.3, -0.25) is 14.6 Å². The Kier molecular flexibility index (Phi) is 6.55. The Bertz CT molecular complexity index is 1050. The fourth-order valence-electron chi connectivity index (χ4n) is 2.43. The van der Waals surface area contributed by atoms with Gasteiger partial charge in [0.05, 0.1) is 28.5 Å². The number of thiophene rings is 1. The molecule has 9 heteroatoms. The first-order chi connectivity index (χ1) is 14.0. The van der Waals surface area contributed by atoms with Crippen LogP contribution < -0.4 is 15.8 Å². The maximum Gasteiger partial charge on any atom is 0.258 e. The molecule has 29 heavy (non-hydrogen) atoms. The molecule has 0 saturated heterocycles. The SMILES string of the molecule is NC(=O)c1cc2c(Oc3ccc(C=CC(=O)NCC(O)CO)cc3)cncc2s1. The number of aromatic nitrogens is 1. The van der Waals surface area contributed by atoms with Gasteiger partial charge in [-0.2, -0.15) is 0 Å². The lowest BCUT2D eigenvalue weighted by Crippen LogP contribution is -2.32. The minimum Gasteiger partial charge on any atom is -0.455 e. The first-order valence-corrected chi connectivity index (χ1v) is 9.48. The molecule has 0 fully saturated rings. The Morgan fingerprint density at radius 2 is 2.03 bits per heavy atom. The van der Waals surface area contributed by atoms with Crippen LogP contribution in [0, 0.1) is 0 Å². The molecular formula is C20H19N3O5S. The Hall–Kier alpha value is -3.27. The molecule has 3 aromatic rings. The van der Waals surface area contributed by atoms with E-state index >= 15 is 0 Å². The van der Waals surface area contributed by atoms with Gasteiger partial charge in [0.2, 0.25) is 5.91 Å². The van der Waals surface area contributed by atoms with Gasteiger partial charge in [-0.15, -0.1) is 11.3 Å². The van der Waals surface area contributed by atoms with E-state index in [0.29, 0.717) is 16.4 Å². The lowest BCUT2D eigenvalue weighted by Gasteiger charge is -2.07. The van der Waals surface area contributed by atoms with Gasteiger partial charge in [0.1, 0.15) is 5.75 Å². The molecule has 2 aromatic heterocycles. The first kappa shape index (κ1) is 20.5. The number of carbonyl (C=O) groups is 2. The smallest absolute Gasteiger partial charge is 0.258 e. The largest absolute Gasteiger partial charge is 0.455 e. The van der Waals surface area contributed by atoms with Gasteiger partial charge in [-0.05, 0) is 29.8 Å². The summed E-state index contributed by atoms with van der Waals surface area (Å²) in [5.41, 5.74) is 6.12. The molecule has 2 heterocycles. The number of carbonyl (C=O) groups excluding carboxylic acids is 2. The maximum absolute atomic E-state index is 11.7. The lowest BCUT2D eigenvalue weighted by atomic mass is 10.2. The molecule has 1 unspecified atom stereocenters. The van der Waals surface area contributed by atoms with E-state index in [1.807, 2.05) is 0 Å². The van der Waals surface area contributed by atoms with Crippen LogP contribution in [-0.2, 0) is 4.79 Å². The van der Waals surface area contributed by atoms with Crippen molar-refractivity contribution in [2.24, 2.45) is 5.73 Å². The molecule has 0 aliphatic carbocycles. The summed E-state index contributed by atoms with van der Waals surface area (Å²) in [7, 11) is 0. The number of nitrogens with two attached hydrogens (primary N) is 1. The third-order valence-electron chi connectivity index (χ3n) is 3.91. The third kappa shape index (κ3) is 5.38. The zero-order valence-corrected chi connectivity index (χ0v) is 16.1. The van der Waals surface area contributed by atoms with Crippen LogP contribution >= 0.6 is 11.3 Å². The molecule has 1 aromatic carbocycles. The standard InChI is InChI=1S/C20H19N3O5S/c21-20(27)17-7-15-16(9-22-10-18(15)29-17)28-14-4-1-12(2-5-14)3-6-19(26)23-8-13(25)11-24/h1-7,9-10,13,24-25H,8,11H2,(H2,21,27)(H,23,26).